The van der Waals surface area contributed by atoms with Crippen LogP contribution in [0.3, 0.4) is 0 Å². The molecule has 0 aliphatic carbocycles. The number of sulfonamides is 1. The molecule has 1 unspecified atom stereocenters. The largest absolute Gasteiger partial charge is 0.497 e. The van der Waals surface area contributed by atoms with Gasteiger partial charge < -0.3 is 24.2 Å². The number of aliphatic hydroxyl groups excluding tert-OH is 1. The Morgan fingerprint density at radius 1 is 1.07 bits per heavy atom. The number of rotatable bonds is 8. The van der Waals surface area contributed by atoms with Crippen molar-refractivity contribution in [1.29, 1.82) is 0 Å². The summed E-state index contributed by atoms with van der Waals surface area (Å²) >= 11 is 6.49. The Morgan fingerprint density at radius 2 is 1.77 bits per heavy atom. The summed E-state index contributed by atoms with van der Waals surface area (Å²) in [5.41, 5.74) is -1.91. The van der Waals surface area contributed by atoms with Gasteiger partial charge >= 0.3 is 6.01 Å². The molecule has 5 rings (SSSR count). The molecule has 228 valence electrons. The summed E-state index contributed by atoms with van der Waals surface area (Å²) in [7, 11) is 2.67. The van der Waals surface area contributed by atoms with E-state index in [1.165, 1.54) is 79.8 Å². The van der Waals surface area contributed by atoms with Crippen molar-refractivity contribution < 1.29 is 37.3 Å². The van der Waals surface area contributed by atoms with E-state index in [9.17, 15) is 18.3 Å². The maximum absolute atomic E-state index is 15.1. The zero-order chi connectivity index (χ0) is 31.3. The molecule has 1 N–H and O–H groups in total. The number of aliphatic hydroxyl groups is 1. The molecular formula is C28H30ClN5O8S. The van der Waals surface area contributed by atoms with Gasteiger partial charge in [-0.1, -0.05) is 11.6 Å². The molecule has 0 spiro atoms. The summed E-state index contributed by atoms with van der Waals surface area (Å²) < 4.78 is 45.2. The molecule has 2 aromatic carbocycles. The van der Waals surface area contributed by atoms with Crippen LogP contribution >= 0.6 is 11.6 Å². The molecule has 43 heavy (non-hydrogen) atoms. The van der Waals surface area contributed by atoms with Gasteiger partial charge in [0, 0.05) is 37.4 Å². The lowest BCUT2D eigenvalue weighted by molar-refractivity contribution is -0.138. The van der Waals surface area contributed by atoms with Gasteiger partial charge in [-0.3, -0.25) is 14.5 Å². The van der Waals surface area contributed by atoms with Gasteiger partial charge in [0.15, 0.2) is 5.54 Å². The molecule has 3 atom stereocenters. The first kappa shape index (κ1) is 30.5. The molecule has 0 bridgehead atoms. The van der Waals surface area contributed by atoms with Gasteiger partial charge in [-0.05, 0) is 48.9 Å². The van der Waals surface area contributed by atoms with Crippen LogP contribution in [0.15, 0.2) is 53.6 Å². The number of β-amino-alcohol motifs (C(OH)–C–C–N with tert-alkyl or cyclic N) is 1. The fraction of sp³-hybridized carbons (Fsp3) is 0.357. The van der Waals surface area contributed by atoms with Crippen molar-refractivity contribution in [2.45, 2.75) is 29.0 Å². The highest BCUT2D eigenvalue weighted by Gasteiger charge is 2.64. The third kappa shape index (κ3) is 4.74. The molecule has 2 aliphatic rings. The van der Waals surface area contributed by atoms with Crippen LogP contribution in [0.5, 0.6) is 17.6 Å². The number of likely N-dealkylation sites (tertiary alicyclic amines) is 1. The smallest absolute Gasteiger partial charge is 0.319 e. The molecule has 0 radical (unpaired) electrons. The van der Waals surface area contributed by atoms with Crippen LogP contribution in [0, 0.1) is 0 Å². The van der Waals surface area contributed by atoms with Crippen molar-refractivity contribution >= 4 is 39.1 Å². The van der Waals surface area contributed by atoms with E-state index in [1.54, 1.807) is 14.1 Å². The molecule has 3 heterocycles. The highest BCUT2D eigenvalue weighted by atomic mass is 35.5. The third-order valence-corrected chi connectivity index (χ3v) is 9.54. The number of ether oxygens (including phenoxy) is 3. The number of anilines is 1. The van der Waals surface area contributed by atoms with Crippen LogP contribution in [0.25, 0.3) is 0 Å². The Balaban J connectivity index is 1.86. The van der Waals surface area contributed by atoms with Crippen LogP contribution in [0.4, 0.5) is 5.69 Å². The highest BCUT2D eigenvalue weighted by Crippen LogP contribution is 2.54. The number of hydrogen-bond acceptors (Lipinski definition) is 11. The molecule has 2 aliphatic heterocycles. The van der Waals surface area contributed by atoms with E-state index in [1.807, 2.05) is 0 Å². The minimum Gasteiger partial charge on any atom is -0.497 e. The molecule has 15 heteroatoms. The van der Waals surface area contributed by atoms with Crippen molar-refractivity contribution in [3.8, 4) is 17.6 Å². The molecule has 3 aromatic rings. The van der Waals surface area contributed by atoms with Crippen molar-refractivity contribution in [1.82, 2.24) is 19.8 Å². The Bertz CT molecular complexity index is 1690. The highest BCUT2D eigenvalue weighted by molar-refractivity contribution is 7.93. The second-order valence-electron chi connectivity index (χ2n) is 10.2. The van der Waals surface area contributed by atoms with Crippen LogP contribution in [-0.4, -0.2) is 99.2 Å². The zero-order valence-electron chi connectivity index (χ0n) is 24.0. The predicted octanol–water partition coefficient (Wildman–Crippen LogP) is 1.66. The number of amides is 2. The normalized spacial score (nSPS) is 21.9. The number of benzene rings is 2. The summed E-state index contributed by atoms with van der Waals surface area (Å²) in [4.78, 5) is 39.8. The standard InChI is InChI=1S/C28H30ClN5O8S/c1-32(2)25(36)23-13-17(35)15-33(23)28(21-14-30-27(42-5)31-24(21)41-4)20-12-16(29)6-11-22(20)34(26(28)37)43(38,39)19-9-7-18(40-3)8-10-19/h6-12,14,17,23,35H,13,15H2,1-5H3/t17-,23+,28?/m1/s1. The zero-order valence-corrected chi connectivity index (χ0v) is 25.6. The molecule has 1 fully saturated rings. The monoisotopic (exact) mass is 631 g/mol. The third-order valence-electron chi connectivity index (χ3n) is 7.59. The first-order valence-corrected chi connectivity index (χ1v) is 14.9. The van der Waals surface area contributed by atoms with Gasteiger partial charge in [-0.15, -0.1) is 0 Å². The average Bonchev–Trinajstić information content (AvgIpc) is 3.51. The summed E-state index contributed by atoms with van der Waals surface area (Å²) in [6.07, 6.45) is 0.240. The van der Waals surface area contributed by atoms with E-state index in [-0.39, 0.29) is 51.6 Å². The quantitative estimate of drug-likeness (QED) is 0.386. The Morgan fingerprint density at radius 3 is 2.37 bits per heavy atom. The van der Waals surface area contributed by atoms with Crippen LogP contribution in [-0.2, 0) is 25.2 Å². The van der Waals surface area contributed by atoms with Crippen molar-refractivity contribution in [2.24, 2.45) is 0 Å². The van der Waals surface area contributed by atoms with Gasteiger partial charge in [0.05, 0.1) is 49.6 Å². The first-order chi connectivity index (χ1) is 20.4. The summed E-state index contributed by atoms with van der Waals surface area (Å²) in [5.74, 6) is -1.05. The number of likely N-dealkylation sites (N-methyl/N-ethyl adjacent to an activating group) is 1. The van der Waals surface area contributed by atoms with Gasteiger partial charge in [-0.2, -0.15) is 4.98 Å². The van der Waals surface area contributed by atoms with E-state index in [4.69, 9.17) is 25.8 Å². The number of methoxy groups -OCH3 is 3. The number of nitrogens with zero attached hydrogens (tertiary/aromatic N) is 5. The Kier molecular flexibility index (Phi) is 7.98. The molecule has 1 aromatic heterocycles. The first-order valence-electron chi connectivity index (χ1n) is 13.1. The van der Waals surface area contributed by atoms with Crippen LogP contribution in [0.1, 0.15) is 17.5 Å². The number of carbonyl (C=O) groups excluding carboxylic acids is 2. The van der Waals surface area contributed by atoms with E-state index >= 15 is 4.79 Å². The van der Waals surface area contributed by atoms with Crippen molar-refractivity contribution in [3.05, 3.63) is 64.8 Å². The Hall–Kier alpha value is -3.98. The lowest BCUT2D eigenvalue weighted by Crippen LogP contribution is -2.59. The van der Waals surface area contributed by atoms with Gasteiger partial charge in [0.25, 0.3) is 15.9 Å². The summed E-state index contributed by atoms with van der Waals surface area (Å²) in [6.45, 7) is -0.173. The van der Waals surface area contributed by atoms with Crippen molar-refractivity contribution in [3.63, 3.8) is 0 Å². The van der Waals surface area contributed by atoms with Crippen LogP contribution < -0.4 is 18.5 Å². The number of hydrogen-bond donors (Lipinski definition) is 1. The minimum atomic E-state index is -4.55. The summed E-state index contributed by atoms with van der Waals surface area (Å²) in [6, 6.07) is 8.81. The van der Waals surface area contributed by atoms with E-state index < -0.39 is 39.5 Å². The van der Waals surface area contributed by atoms with Crippen molar-refractivity contribution in [2.75, 3.05) is 46.3 Å². The van der Waals surface area contributed by atoms with Gasteiger partial charge in [0.1, 0.15) is 5.75 Å². The van der Waals surface area contributed by atoms with E-state index in [2.05, 4.69) is 9.97 Å². The number of halogens is 1. The average molecular weight is 632 g/mol. The molecular weight excluding hydrogens is 602 g/mol. The number of fused-ring (bicyclic) bond motifs is 1. The topological polar surface area (TPSA) is 152 Å². The second-order valence-corrected chi connectivity index (χ2v) is 12.4. The maximum atomic E-state index is 15.1. The molecule has 2 amide bonds. The molecule has 0 saturated carbocycles. The van der Waals surface area contributed by atoms with Gasteiger partial charge in [-0.25, -0.2) is 17.7 Å². The second kappa shape index (κ2) is 11.3. The fourth-order valence-corrected chi connectivity index (χ4v) is 7.33. The van der Waals surface area contributed by atoms with Gasteiger partial charge in [0.2, 0.25) is 11.8 Å². The SMILES string of the molecule is COc1ccc(S(=O)(=O)N2C(=O)C(c3cnc(OC)nc3OC)(N3C[C@H](O)C[C@H]3C(=O)N(C)C)c3cc(Cl)ccc32)cc1. The van der Waals surface area contributed by atoms with E-state index in [0.717, 1.165) is 0 Å². The predicted molar refractivity (Wildman–Crippen MR) is 155 cm³/mol. The lowest BCUT2D eigenvalue weighted by atomic mass is 9.82. The molecule has 13 nitrogen and oxygen atoms in total. The molecule has 1 saturated heterocycles. The maximum Gasteiger partial charge on any atom is 0.319 e. The minimum absolute atomic E-state index is 0.000492. The number of carbonyl (C=O) groups is 2. The lowest BCUT2D eigenvalue weighted by Gasteiger charge is -2.41. The Labute approximate surface area is 253 Å². The summed E-state index contributed by atoms with van der Waals surface area (Å²) in [5, 5.41) is 11.1. The van der Waals surface area contributed by atoms with E-state index in [0.29, 0.717) is 10.1 Å². The fourth-order valence-electron chi connectivity index (χ4n) is 5.70. The van der Waals surface area contributed by atoms with Crippen LogP contribution in [0.2, 0.25) is 5.02 Å². The number of aromatic nitrogens is 2.